The van der Waals surface area contributed by atoms with Gasteiger partial charge in [-0.05, 0) is 51.0 Å². The molecule has 0 amide bonds. The lowest BCUT2D eigenvalue weighted by molar-refractivity contribution is 0.122. The molecule has 1 aliphatic heterocycles. The van der Waals surface area contributed by atoms with Crippen molar-refractivity contribution in [2.75, 3.05) is 26.3 Å². The second-order valence-electron chi connectivity index (χ2n) is 8.89. The predicted molar refractivity (Wildman–Crippen MR) is 127 cm³/mol. The Bertz CT molecular complexity index is 1070. The van der Waals surface area contributed by atoms with E-state index in [0.29, 0.717) is 12.8 Å². The Morgan fingerprint density at radius 2 is 1.03 bits per heavy atom. The van der Waals surface area contributed by atoms with Crippen molar-refractivity contribution in [2.45, 2.75) is 61.4 Å². The monoisotopic (exact) mass is 492 g/mol. The molecular formula is C24H32N2O5S2. The zero-order valence-corrected chi connectivity index (χ0v) is 20.8. The molecule has 2 aliphatic rings. The molecule has 0 unspecified atom stereocenters. The Morgan fingerprint density at radius 1 is 0.667 bits per heavy atom. The number of hydrogen-bond acceptors (Lipinski definition) is 5. The van der Waals surface area contributed by atoms with Crippen LogP contribution in [0.4, 0.5) is 0 Å². The summed E-state index contributed by atoms with van der Waals surface area (Å²) in [5, 5.41) is 0. The lowest BCUT2D eigenvalue weighted by Gasteiger charge is -2.42. The van der Waals surface area contributed by atoms with E-state index < -0.39 is 32.1 Å². The van der Waals surface area contributed by atoms with Gasteiger partial charge in [-0.3, -0.25) is 0 Å². The lowest BCUT2D eigenvalue weighted by Crippen LogP contribution is -2.56. The maximum Gasteiger partial charge on any atom is 0.243 e. The third-order valence-corrected chi connectivity index (χ3v) is 10.5. The fourth-order valence-electron chi connectivity index (χ4n) is 4.79. The van der Waals surface area contributed by atoms with Gasteiger partial charge in [0, 0.05) is 25.2 Å². The van der Waals surface area contributed by atoms with Gasteiger partial charge in [0.1, 0.15) is 0 Å². The van der Waals surface area contributed by atoms with Crippen molar-refractivity contribution in [1.82, 2.24) is 8.61 Å². The number of aryl methyl sites for hydroxylation is 2. The van der Waals surface area contributed by atoms with Crippen LogP contribution >= 0.6 is 0 Å². The van der Waals surface area contributed by atoms with Crippen molar-refractivity contribution in [1.29, 1.82) is 0 Å². The molecule has 0 aromatic heterocycles. The molecule has 1 saturated heterocycles. The largest absolute Gasteiger partial charge is 0.379 e. The van der Waals surface area contributed by atoms with Gasteiger partial charge in [-0.1, -0.05) is 48.2 Å². The molecular weight excluding hydrogens is 460 g/mol. The standard InChI is InChI=1S/C24H32N2O5S2/c1-19-7-11-21(12-8-19)32(27,28)25-15-17-31-18-16-26(24-6-4-3-5-23(24)25)33(29,30)22-13-9-20(2)10-14-22/h7-14,23-24H,3-6,15-18H2,1-2H3/t23-,24-/m1/s1. The minimum Gasteiger partial charge on any atom is -0.379 e. The minimum absolute atomic E-state index is 0.204. The molecule has 2 aromatic rings. The van der Waals surface area contributed by atoms with Crippen molar-refractivity contribution in [3.63, 3.8) is 0 Å². The van der Waals surface area contributed by atoms with Crippen LogP contribution in [0, 0.1) is 13.8 Å². The van der Waals surface area contributed by atoms with Crippen molar-refractivity contribution >= 4 is 20.0 Å². The number of ether oxygens (including phenoxy) is 1. The Morgan fingerprint density at radius 3 is 1.39 bits per heavy atom. The third kappa shape index (κ3) is 5.02. The van der Waals surface area contributed by atoms with Crippen molar-refractivity contribution in [2.24, 2.45) is 0 Å². The fourth-order valence-corrected chi connectivity index (χ4v) is 8.13. The van der Waals surface area contributed by atoms with Crippen molar-refractivity contribution < 1.29 is 21.6 Å². The van der Waals surface area contributed by atoms with Gasteiger partial charge < -0.3 is 4.74 Å². The van der Waals surface area contributed by atoms with Crippen LogP contribution in [0.3, 0.4) is 0 Å². The van der Waals surface area contributed by atoms with Gasteiger partial charge in [0.15, 0.2) is 0 Å². The molecule has 0 spiro atoms. The van der Waals surface area contributed by atoms with Crippen LogP contribution in [0.1, 0.15) is 36.8 Å². The molecule has 0 bridgehead atoms. The average Bonchev–Trinajstić information content (AvgIpc) is 2.89. The van der Waals surface area contributed by atoms with Crippen LogP contribution in [0.5, 0.6) is 0 Å². The van der Waals surface area contributed by atoms with E-state index in [4.69, 9.17) is 4.74 Å². The van der Waals surface area contributed by atoms with Crippen molar-refractivity contribution in [3.05, 3.63) is 59.7 Å². The highest BCUT2D eigenvalue weighted by atomic mass is 32.2. The first-order chi connectivity index (χ1) is 15.7. The first kappa shape index (κ1) is 24.3. The molecule has 1 heterocycles. The second kappa shape index (κ2) is 9.84. The van der Waals surface area contributed by atoms with Crippen LogP contribution < -0.4 is 0 Å². The number of hydrogen-bond donors (Lipinski definition) is 0. The van der Waals surface area contributed by atoms with Crippen molar-refractivity contribution in [3.8, 4) is 0 Å². The van der Waals surface area contributed by atoms with Gasteiger partial charge in [0.2, 0.25) is 20.0 Å². The van der Waals surface area contributed by atoms with Crippen LogP contribution in [-0.4, -0.2) is 63.8 Å². The molecule has 2 aromatic carbocycles. The molecule has 7 nitrogen and oxygen atoms in total. The zero-order valence-electron chi connectivity index (χ0n) is 19.2. The van der Waals surface area contributed by atoms with Gasteiger partial charge in [-0.2, -0.15) is 8.61 Å². The molecule has 4 rings (SSSR count). The summed E-state index contributed by atoms with van der Waals surface area (Å²) < 4.78 is 63.5. The number of fused-ring (bicyclic) bond motifs is 1. The number of rotatable bonds is 4. The van der Waals surface area contributed by atoms with Gasteiger partial charge in [-0.15, -0.1) is 0 Å². The van der Waals surface area contributed by atoms with E-state index in [9.17, 15) is 16.8 Å². The predicted octanol–water partition coefficient (Wildman–Crippen LogP) is 3.33. The highest BCUT2D eigenvalue weighted by molar-refractivity contribution is 7.89. The molecule has 2 atom stereocenters. The summed E-state index contributed by atoms with van der Waals surface area (Å²) in [5.74, 6) is 0. The SMILES string of the molecule is Cc1ccc(S(=O)(=O)N2CCOCCN(S(=O)(=O)c3ccc(C)cc3)[C@@H]3CCCC[C@H]32)cc1. The summed E-state index contributed by atoms with van der Waals surface area (Å²) in [6.45, 7) is 4.69. The van der Waals surface area contributed by atoms with Gasteiger partial charge in [0.05, 0.1) is 23.0 Å². The van der Waals surface area contributed by atoms with E-state index >= 15 is 0 Å². The lowest BCUT2D eigenvalue weighted by atomic mass is 9.90. The Balaban J connectivity index is 1.75. The molecule has 180 valence electrons. The average molecular weight is 493 g/mol. The van der Waals surface area contributed by atoms with Crippen LogP contribution in [0.15, 0.2) is 58.3 Å². The molecule has 2 fully saturated rings. The molecule has 1 aliphatic carbocycles. The van der Waals surface area contributed by atoms with E-state index in [1.807, 2.05) is 13.8 Å². The van der Waals surface area contributed by atoms with Crippen LogP contribution in [0.25, 0.3) is 0 Å². The first-order valence-corrected chi connectivity index (χ1v) is 14.3. The Labute approximate surface area is 197 Å². The smallest absolute Gasteiger partial charge is 0.243 e. The highest BCUT2D eigenvalue weighted by Crippen LogP contribution is 2.34. The first-order valence-electron chi connectivity index (χ1n) is 11.5. The summed E-state index contributed by atoms with van der Waals surface area (Å²) in [5.41, 5.74) is 1.96. The maximum atomic E-state index is 13.7. The van der Waals surface area contributed by atoms with Crippen LogP contribution in [-0.2, 0) is 24.8 Å². The van der Waals surface area contributed by atoms with Crippen LogP contribution in [0.2, 0.25) is 0 Å². The summed E-state index contributed by atoms with van der Waals surface area (Å²) >= 11 is 0. The molecule has 9 heteroatoms. The zero-order chi connectivity index (χ0) is 23.6. The van der Waals surface area contributed by atoms with Gasteiger partial charge in [0.25, 0.3) is 0 Å². The number of benzene rings is 2. The summed E-state index contributed by atoms with van der Waals surface area (Å²) in [4.78, 5) is 0.453. The van der Waals surface area contributed by atoms with E-state index in [1.54, 1.807) is 48.5 Å². The quantitative estimate of drug-likeness (QED) is 0.654. The van der Waals surface area contributed by atoms with E-state index in [1.165, 1.54) is 8.61 Å². The number of nitrogens with zero attached hydrogens (tertiary/aromatic N) is 2. The summed E-state index contributed by atoms with van der Waals surface area (Å²) in [7, 11) is -7.62. The van der Waals surface area contributed by atoms with E-state index in [0.717, 1.165) is 24.0 Å². The molecule has 0 radical (unpaired) electrons. The van der Waals surface area contributed by atoms with E-state index in [-0.39, 0.29) is 36.1 Å². The summed E-state index contributed by atoms with van der Waals surface area (Å²) in [6.07, 6.45) is 2.96. The Kier molecular flexibility index (Phi) is 7.26. The third-order valence-electron chi connectivity index (χ3n) is 6.60. The molecule has 33 heavy (non-hydrogen) atoms. The second-order valence-corrected chi connectivity index (χ2v) is 12.7. The number of sulfonamides is 2. The van der Waals surface area contributed by atoms with E-state index in [2.05, 4.69) is 0 Å². The molecule has 0 N–H and O–H groups in total. The topological polar surface area (TPSA) is 84.0 Å². The van der Waals surface area contributed by atoms with Gasteiger partial charge in [-0.25, -0.2) is 16.8 Å². The summed E-state index contributed by atoms with van der Waals surface area (Å²) in [6, 6.07) is 12.7. The molecule has 1 saturated carbocycles. The minimum atomic E-state index is -3.81. The Hall–Kier alpha value is -1.78. The fraction of sp³-hybridized carbons (Fsp3) is 0.500. The van der Waals surface area contributed by atoms with Gasteiger partial charge >= 0.3 is 0 Å². The maximum absolute atomic E-state index is 13.7. The highest BCUT2D eigenvalue weighted by Gasteiger charge is 2.44. The normalized spacial score (nSPS) is 23.8.